The van der Waals surface area contributed by atoms with Gasteiger partial charge < -0.3 is 19.9 Å². The molecule has 88 valence electrons. The fourth-order valence-electron chi connectivity index (χ4n) is 2.82. The first-order valence-electron chi connectivity index (χ1n) is 5.87. The summed E-state index contributed by atoms with van der Waals surface area (Å²) in [6.07, 6.45) is 1.84. The summed E-state index contributed by atoms with van der Waals surface area (Å²) in [5, 5.41) is 20.8. The largest absolute Gasteiger partial charge is 0.506 e. The Morgan fingerprint density at radius 1 is 1.53 bits per heavy atom. The van der Waals surface area contributed by atoms with Gasteiger partial charge in [-0.1, -0.05) is 6.92 Å². The molecule has 0 radical (unpaired) electrons. The molecule has 0 bridgehead atoms. The van der Waals surface area contributed by atoms with E-state index in [0.29, 0.717) is 5.92 Å². The Morgan fingerprint density at radius 2 is 2.29 bits per heavy atom. The van der Waals surface area contributed by atoms with E-state index in [4.69, 9.17) is 0 Å². The maximum absolute atomic E-state index is 9.97. The molecule has 0 saturated carbocycles. The summed E-state index contributed by atoms with van der Waals surface area (Å²) in [5.74, 6) is 0.599. The van der Waals surface area contributed by atoms with Crippen LogP contribution >= 0.6 is 0 Å². The molecular weight excluding hydrogens is 215 g/mol. The van der Waals surface area contributed by atoms with Crippen molar-refractivity contribution in [2.75, 3.05) is 11.4 Å². The number of nitrogens with one attached hydrogen (secondary N) is 1. The van der Waals surface area contributed by atoms with Gasteiger partial charge in [-0.2, -0.15) is 0 Å². The number of anilines is 1. The zero-order valence-electron chi connectivity index (χ0n) is 9.94. The third-order valence-electron chi connectivity index (χ3n) is 3.57. The third-order valence-corrected chi connectivity index (χ3v) is 3.57. The first-order valence-corrected chi connectivity index (χ1v) is 5.87. The van der Waals surface area contributed by atoms with Gasteiger partial charge >= 0.3 is 7.05 Å². The Bertz CT molecular complexity index is 579. The molecule has 2 aromatic rings. The van der Waals surface area contributed by atoms with Gasteiger partial charge in [-0.15, -0.1) is 0 Å². The van der Waals surface area contributed by atoms with Crippen LogP contribution in [0.25, 0.3) is 10.9 Å². The minimum Gasteiger partial charge on any atom is -0.506 e. The lowest BCUT2D eigenvalue weighted by Gasteiger charge is -2.20. The molecule has 1 unspecified atom stereocenters. The van der Waals surface area contributed by atoms with E-state index in [2.05, 4.69) is 11.9 Å². The summed E-state index contributed by atoms with van der Waals surface area (Å²) in [6, 6.07) is 3.72. The molecule has 1 aliphatic heterocycles. The van der Waals surface area contributed by atoms with Crippen molar-refractivity contribution in [1.82, 2.24) is 4.98 Å². The number of hydrogen-bond donors (Lipinski definition) is 3. The first kappa shape index (κ1) is 10.5. The number of aromatic amines is 1. The topological polar surface area (TPSA) is 59.5 Å². The highest BCUT2D eigenvalue weighted by molar-refractivity contribution is 6.54. The molecule has 5 heteroatoms. The van der Waals surface area contributed by atoms with Crippen LogP contribution in [0.15, 0.2) is 18.3 Å². The maximum atomic E-state index is 9.97. The SMILES string of the molecule is CB(O)N1CC(C)c2c1cc(O)c1[nH]ccc21. The van der Waals surface area contributed by atoms with Gasteiger partial charge in [-0.25, -0.2) is 0 Å². The predicted molar refractivity (Wildman–Crippen MR) is 69.6 cm³/mol. The second-order valence-corrected chi connectivity index (χ2v) is 4.78. The second-order valence-electron chi connectivity index (χ2n) is 4.78. The molecule has 1 aromatic heterocycles. The summed E-state index contributed by atoms with van der Waals surface area (Å²) in [5.41, 5.74) is 2.93. The highest BCUT2D eigenvalue weighted by atomic mass is 16.3. The number of rotatable bonds is 1. The molecular formula is C12H15BN2O2. The van der Waals surface area contributed by atoms with Crippen molar-refractivity contribution in [3.05, 3.63) is 23.9 Å². The fourth-order valence-corrected chi connectivity index (χ4v) is 2.82. The standard InChI is InChI=1S/C12H15BN2O2/c1-7-6-15(13(2)17)9-5-10(16)12-8(11(7)9)3-4-14-12/h3-5,7,14,16-17H,6H2,1-2H3. The molecule has 1 atom stereocenters. The highest BCUT2D eigenvalue weighted by Crippen LogP contribution is 2.44. The van der Waals surface area contributed by atoms with E-state index in [1.165, 1.54) is 5.56 Å². The quantitative estimate of drug-likeness (QED) is 0.656. The number of phenolic OH excluding ortho intramolecular Hbond substituents is 1. The van der Waals surface area contributed by atoms with Crippen LogP contribution in [-0.2, 0) is 0 Å². The van der Waals surface area contributed by atoms with Crippen LogP contribution < -0.4 is 4.81 Å². The molecule has 3 N–H and O–H groups in total. The van der Waals surface area contributed by atoms with E-state index in [-0.39, 0.29) is 5.75 Å². The van der Waals surface area contributed by atoms with Crippen molar-refractivity contribution >= 4 is 23.6 Å². The Morgan fingerprint density at radius 3 is 3.00 bits per heavy atom. The van der Waals surface area contributed by atoms with Crippen LogP contribution in [0.2, 0.25) is 6.82 Å². The van der Waals surface area contributed by atoms with Crippen molar-refractivity contribution in [2.24, 2.45) is 0 Å². The third kappa shape index (κ3) is 1.35. The number of nitrogens with zero attached hydrogens (tertiary/aromatic N) is 1. The second kappa shape index (κ2) is 3.44. The molecule has 17 heavy (non-hydrogen) atoms. The Kier molecular flexibility index (Phi) is 2.13. The fraction of sp³-hybridized carbons (Fsp3) is 0.333. The van der Waals surface area contributed by atoms with Gasteiger partial charge in [0, 0.05) is 35.8 Å². The number of hydrogen-bond acceptors (Lipinski definition) is 3. The lowest BCUT2D eigenvalue weighted by Crippen LogP contribution is -2.35. The molecule has 0 saturated heterocycles. The minimum absolute atomic E-state index is 0.239. The number of benzene rings is 1. The summed E-state index contributed by atoms with van der Waals surface area (Å²) in [6.45, 7) is 4.68. The van der Waals surface area contributed by atoms with Gasteiger partial charge in [0.05, 0.1) is 5.52 Å². The maximum Gasteiger partial charge on any atom is 0.409 e. The van der Waals surface area contributed by atoms with Crippen LogP contribution in [0.4, 0.5) is 5.69 Å². The van der Waals surface area contributed by atoms with Crippen LogP contribution in [-0.4, -0.2) is 28.7 Å². The number of phenols is 1. The van der Waals surface area contributed by atoms with E-state index in [0.717, 1.165) is 23.1 Å². The molecule has 3 rings (SSSR count). The molecule has 1 aromatic carbocycles. The molecule has 0 amide bonds. The van der Waals surface area contributed by atoms with Crippen LogP contribution in [0.5, 0.6) is 5.75 Å². The van der Waals surface area contributed by atoms with Gasteiger partial charge in [-0.05, 0) is 18.5 Å². The number of H-pyrrole nitrogens is 1. The summed E-state index contributed by atoms with van der Waals surface area (Å²) in [4.78, 5) is 4.97. The van der Waals surface area contributed by atoms with Gasteiger partial charge in [0.1, 0.15) is 5.75 Å². The zero-order chi connectivity index (χ0) is 12.2. The smallest absolute Gasteiger partial charge is 0.409 e. The van der Waals surface area contributed by atoms with Crippen LogP contribution in [0, 0.1) is 0 Å². The van der Waals surface area contributed by atoms with Crippen LogP contribution in [0.3, 0.4) is 0 Å². The molecule has 0 spiro atoms. The highest BCUT2D eigenvalue weighted by Gasteiger charge is 2.32. The molecule has 0 fully saturated rings. The van der Waals surface area contributed by atoms with Gasteiger partial charge in [-0.3, -0.25) is 0 Å². The van der Waals surface area contributed by atoms with Crippen molar-refractivity contribution in [3.63, 3.8) is 0 Å². The average Bonchev–Trinajstić information content (AvgIpc) is 2.83. The van der Waals surface area contributed by atoms with E-state index in [9.17, 15) is 10.1 Å². The van der Waals surface area contributed by atoms with Crippen molar-refractivity contribution in [3.8, 4) is 5.75 Å². The normalized spacial score (nSPS) is 18.8. The molecule has 2 heterocycles. The number of aromatic nitrogens is 1. The van der Waals surface area contributed by atoms with E-state index < -0.39 is 7.05 Å². The van der Waals surface area contributed by atoms with Crippen molar-refractivity contribution in [2.45, 2.75) is 19.7 Å². The van der Waals surface area contributed by atoms with Gasteiger partial charge in [0.25, 0.3) is 0 Å². The summed E-state index contributed by atoms with van der Waals surface area (Å²) in [7, 11) is -0.533. The van der Waals surface area contributed by atoms with Gasteiger partial charge in [0.2, 0.25) is 0 Å². The Balaban J connectivity index is 2.31. The molecule has 4 nitrogen and oxygen atoms in total. The summed E-state index contributed by atoms with van der Waals surface area (Å²) < 4.78 is 0. The molecule has 1 aliphatic rings. The first-order chi connectivity index (χ1) is 8.09. The van der Waals surface area contributed by atoms with E-state index in [1.54, 1.807) is 12.9 Å². The van der Waals surface area contributed by atoms with E-state index in [1.807, 2.05) is 17.1 Å². The van der Waals surface area contributed by atoms with Crippen LogP contribution in [0.1, 0.15) is 18.4 Å². The number of aromatic hydroxyl groups is 1. The van der Waals surface area contributed by atoms with Crippen molar-refractivity contribution < 1.29 is 10.1 Å². The van der Waals surface area contributed by atoms with Gasteiger partial charge in [0.15, 0.2) is 0 Å². The molecule has 0 aliphatic carbocycles. The Labute approximate surface area is 100 Å². The zero-order valence-corrected chi connectivity index (χ0v) is 9.94. The van der Waals surface area contributed by atoms with E-state index >= 15 is 0 Å². The lowest BCUT2D eigenvalue weighted by atomic mass is 9.85. The monoisotopic (exact) mass is 230 g/mol. The lowest BCUT2D eigenvalue weighted by molar-refractivity contribution is 0.480. The Hall–Kier alpha value is -1.62. The predicted octanol–water partition coefficient (Wildman–Crippen LogP) is 1.91. The summed E-state index contributed by atoms with van der Waals surface area (Å²) >= 11 is 0. The minimum atomic E-state index is -0.533. The van der Waals surface area contributed by atoms with Crippen molar-refractivity contribution in [1.29, 1.82) is 0 Å². The number of fused-ring (bicyclic) bond motifs is 3. The average molecular weight is 230 g/mol.